The fourth-order valence-corrected chi connectivity index (χ4v) is 3.97. The van der Waals surface area contributed by atoms with Crippen LogP contribution in [-0.2, 0) is 6.42 Å². The van der Waals surface area contributed by atoms with Crippen LogP contribution in [-0.4, -0.2) is 11.6 Å². The summed E-state index contributed by atoms with van der Waals surface area (Å²) in [6, 6.07) is 34.4. The zero-order chi connectivity index (χ0) is 20.8. The molecule has 0 spiro atoms. The first-order chi connectivity index (χ1) is 14.7. The van der Waals surface area contributed by atoms with Crippen LogP contribution >= 0.6 is 11.8 Å². The van der Waals surface area contributed by atoms with Crippen molar-refractivity contribution in [2.45, 2.75) is 16.2 Å². The minimum absolute atomic E-state index is 0.0274. The van der Waals surface area contributed by atoms with E-state index in [1.807, 2.05) is 109 Å². The van der Waals surface area contributed by atoms with E-state index >= 15 is 0 Å². The van der Waals surface area contributed by atoms with Gasteiger partial charge in [0.25, 0.3) is 0 Å². The molecule has 0 heterocycles. The van der Waals surface area contributed by atoms with Gasteiger partial charge in [0.15, 0.2) is 11.6 Å². The van der Waals surface area contributed by atoms with Gasteiger partial charge in [-0.3, -0.25) is 9.59 Å². The number of hydrogen-bond acceptors (Lipinski definition) is 3. The number of carbonyl (C=O) groups excluding carboxylic acids is 2. The molecule has 0 saturated carbocycles. The van der Waals surface area contributed by atoms with Gasteiger partial charge in [-0.15, -0.1) is 0 Å². The zero-order valence-electron chi connectivity index (χ0n) is 16.3. The number of benzene rings is 4. The van der Waals surface area contributed by atoms with E-state index in [2.05, 4.69) is 0 Å². The summed E-state index contributed by atoms with van der Waals surface area (Å²) in [5.74, 6) is 0.147. The van der Waals surface area contributed by atoms with Crippen LogP contribution in [0.3, 0.4) is 0 Å². The van der Waals surface area contributed by atoms with Gasteiger partial charge >= 0.3 is 0 Å². The molecule has 30 heavy (non-hydrogen) atoms. The summed E-state index contributed by atoms with van der Waals surface area (Å²) in [7, 11) is 0. The maximum Gasteiger partial charge on any atom is 0.193 e. The van der Waals surface area contributed by atoms with Gasteiger partial charge in [-0.2, -0.15) is 0 Å². The second-order valence-corrected chi connectivity index (χ2v) is 8.08. The van der Waals surface area contributed by atoms with Gasteiger partial charge < -0.3 is 0 Å². The summed E-state index contributed by atoms with van der Waals surface area (Å²) in [5, 5.41) is 0. The monoisotopic (exact) mass is 408 g/mol. The lowest BCUT2D eigenvalue weighted by Gasteiger charge is -2.06. The number of rotatable bonds is 7. The van der Waals surface area contributed by atoms with E-state index in [0.717, 1.165) is 20.9 Å². The predicted molar refractivity (Wildman–Crippen MR) is 121 cm³/mol. The van der Waals surface area contributed by atoms with Crippen molar-refractivity contribution in [1.29, 1.82) is 0 Å². The molecule has 0 amide bonds. The lowest BCUT2D eigenvalue weighted by molar-refractivity contribution is 0.0991. The summed E-state index contributed by atoms with van der Waals surface area (Å²) < 4.78 is 0. The second-order valence-electron chi connectivity index (χ2n) is 6.93. The first-order valence-electron chi connectivity index (χ1n) is 9.74. The van der Waals surface area contributed by atoms with E-state index in [0.29, 0.717) is 17.5 Å². The molecule has 4 aromatic rings. The quantitative estimate of drug-likeness (QED) is 0.328. The van der Waals surface area contributed by atoms with Crippen LogP contribution < -0.4 is 0 Å². The summed E-state index contributed by atoms with van der Waals surface area (Å²) >= 11 is 1.63. The largest absolute Gasteiger partial charge is 0.294 e. The van der Waals surface area contributed by atoms with Crippen LogP contribution in [0.2, 0.25) is 0 Å². The predicted octanol–water partition coefficient (Wildman–Crippen LogP) is 6.49. The molecule has 0 aliphatic carbocycles. The number of ketones is 2. The minimum atomic E-state index is 0.0274. The van der Waals surface area contributed by atoms with E-state index in [4.69, 9.17) is 0 Å². The average Bonchev–Trinajstić information content (AvgIpc) is 2.81. The van der Waals surface area contributed by atoms with Gasteiger partial charge in [-0.1, -0.05) is 84.6 Å². The maximum atomic E-state index is 12.5. The summed E-state index contributed by atoms with van der Waals surface area (Å²) in [6.45, 7) is 0. The molecule has 4 rings (SSSR count). The van der Waals surface area contributed by atoms with Gasteiger partial charge in [0, 0.05) is 32.9 Å². The highest BCUT2D eigenvalue weighted by atomic mass is 32.2. The van der Waals surface area contributed by atoms with E-state index in [1.54, 1.807) is 11.8 Å². The Bertz CT molecular complexity index is 1130. The highest BCUT2D eigenvalue weighted by Gasteiger charge is 2.09. The standard InChI is InChI=1S/C27H20O2S/c28-26(21-7-3-1-4-8-21)19-20-11-15-24(16-12-20)30-25-17-13-23(14-18-25)27(29)22-9-5-2-6-10-22/h1-18H,19H2. The molecule has 3 heteroatoms. The van der Waals surface area contributed by atoms with Crippen molar-refractivity contribution in [1.82, 2.24) is 0 Å². The first kappa shape index (κ1) is 19.9. The Hall–Kier alpha value is -3.43. The molecule has 146 valence electrons. The molecule has 0 bridgehead atoms. The van der Waals surface area contributed by atoms with Crippen molar-refractivity contribution < 1.29 is 9.59 Å². The topological polar surface area (TPSA) is 34.1 Å². The third-order valence-electron chi connectivity index (χ3n) is 4.77. The molecular weight excluding hydrogens is 388 g/mol. The molecule has 0 aliphatic heterocycles. The molecule has 4 aromatic carbocycles. The van der Waals surface area contributed by atoms with Crippen LogP contribution in [0.25, 0.3) is 0 Å². The van der Waals surface area contributed by atoms with E-state index in [-0.39, 0.29) is 11.6 Å². The Morgan fingerprint density at radius 3 is 1.57 bits per heavy atom. The number of Topliss-reactive ketones (excluding diaryl/α,β-unsaturated/α-hetero) is 1. The van der Waals surface area contributed by atoms with Crippen molar-refractivity contribution >= 4 is 23.3 Å². The van der Waals surface area contributed by atoms with Crippen LogP contribution in [0.15, 0.2) is 119 Å². The van der Waals surface area contributed by atoms with Gasteiger partial charge in [-0.25, -0.2) is 0 Å². The third-order valence-corrected chi connectivity index (χ3v) is 5.79. The van der Waals surface area contributed by atoms with E-state index in [9.17, 15) is 9.59 Å². The van der Waals surface area contributed by atoms with Crippen molar-refractivity contribution in [2.75, 3.05) is 0 Å². The van der Waals surface area contributed by atoms with Crippen molar-refractivity contribution in [3.05, 3.63) is 131 Å². The van der Waals surface area contributed by atoms with Crippen molar-refractivity contribution in [3.8, 4) is 0 Å². The first-order valence-corrected chi connectivity index (χ1v) is 10.6. The average molecular weight is 409 g/mol. The Balaban J connectivity index is 1.39. The fourth-order valence-electron chi connectivity index (χ4n) is 3.15. The van der Waals surface area contributed by atoms with E-state index in [1.165, 1.54) is 0 Å². The molecular formula is C27H20O2S. The molecule has 0 saturated heterocycles. The third kappa shape index (κ3) is 4.94. The van der Waals surface area contributed by atoms with Crippen LogP contribution in [0.4, 0.5) is 0 Å². The SMILES string of the molecule is O=C(Cc1ccc(Sc2ccc(C(=O)c3ccccc3)cc2)cc1)c1ccccc1. The lowest BCUT2D eigenvalue weighted by Crippen LogP contribution is -2.02. The Morgan fingerprint density at radius 1 is 0.533 bits per heavy atom. The molecule has 0 fully saturated rings. The Kier molecular flexibility index (Phi) is 6.21. The fraction of sp³-hybridized carbons (Fsp3) is 0.0370. The number of hydrogen-bond donors (Lipinski definition) is 0. The number of carbonyl (C=O) groups is 2. The maximum absolute atomic E-state index is 12.5. The summed E-state index contributed by atoms with van der Waals surface area (Å²) in [6.07, 6.45) is 0.394. The zero-order valence-corrected chi connectivity index (χ0v) is 17.1. The molecule has 0 N–H and O–H groups in total. The van der Waals surface area contributed by atoms with E-state index < -0.39 is 0 Å². The molecule has 2 nitrogen and oxygen atoms in total. The van der Waals surface area contributed by atoms with Crippen molar-refractivity contribution in [3.63, 3.8) is 0 Å². The van der Waals surface area contributed by atoms with Gasteiger partial charge in [0.2, 0.25) is 0 Å². The van der Waals surface area contributed by atoms with Crippen LogP contribution in [0, 0.1) is 0 Å². The molecule has 0 aliphatic rings. The van der Waals surface area contributed by atoms with Crippen molar-refractivity contribution in [2.24, 2.45) is 0 Å². The Labute approximate surface area is 180 Å². The lowest BCUT2D eigenvalue weighted by atomic mass is 10.0. The molecule has 0 atom stereocenters. The minimum Gasteiger partial charge on any atom is -0.294 e. The van der Waals surface area contributed by atoms with Gasteiger partial charge in [-0.05, 0) is 42.0 Å². The van der Waals surface area contributed by atoms with Crippen LogP contribution in [0.1, 0.15) is 31.8 Å². The van der Waals surface area contributed by atoms with Crippen LogP contribution in [0.5, 0.6) is 0 Å². The molecule has 0 unspecified atom stereocenters. The van der Waals surface area contributed by atoms with Gasteiger partial charge in [0.05, 0.1) is 0 Å². The van der Waals surface area contributed by atoms with Gasteiger partial charge in [0.1, 0.15) is 0 Å². The summed E-state index contributed by atoms with van der Waals surface area (Å²) in [5.41, 5.74) is 3.11. The second kappa shape index (κ2) is 9.38. The highest BCUT2D eigenvalue weighted by molar-refractivity contribution is 7.99. The highest BCUT2D eigenvalue weighted by Crippen LogP contribution is 2.28. The molecule has 0 radical (unpaired) electrons. The summed E-state index contributed by atoms with van der Waals surface area (Å²) in [4.78, 5) is 27.0. The molecule has 0 aromatic heterocycles. The smallest absolute Gasteiger partial charge is 0.193 e. The normalized spacial score (nSPS) is 10.5. The Morgan fingerprint density at radius 2 is 1.00 bits per heavy atom.